The smallest absolute Gasteiger partial charge is 0.333 e. The van der Waals surface area contributed by atoms with Crippen molar-refractivity contribution in [1.82, 2.24) is 0 Å². The molecule has 1 N–H and O–H groups in total. The van der Waals surface area contributed by atoms with Gasteiger partial charge in [-0.3, -0.25) is 0 Å². The lowest BCUT2D eigenvalue weighted by Gasteiger charge is -2.29. The maximum atomic E-state index is 12.6. The van der Waals surface area contributed by atoms with E-state index in [0.29, 0.717) is 36.3 Å². The second kappa shape index (κ2) is 19.0. The van der Waals surface area contributed by atoms with Crippen LogP contribution in [0.2, 0.25) is 0 Å². The third kappa shape index (κ3) is 13.1. The molecule has 0 heterocycles. The van der Waals surface area contributed by atoms with Gasteiger partial charge in [0.25, 0.3) is 0 Å². The minimum absolute atomic E-state index is 0.120. The number of aliphatic hydroxyl groups is 1. The highest BCUT2D eigenvalue weighted by atomic mass is 16.5. The molecule has 1 fully saturated rings. The zero-order valence-corrected chi connectivity index (χ0v) is 29.9. The molecule has 2 aromatic rings. The maximum absolute atomic E-state index is 12.6. The van der Waals surface area contributed by atoms with E-state index in [-0.39, 0.29) is 19.1 Å². The molecule has 1 aliphatic rings. The van der Waals surface area contributed by atoms with Crippen LogP contribution in [-0.2, 0) is 31.9 Å². The molecule has 0 aliphatic heterocycles. The highest BCUT2D eigenvalue weighted by molar-refractivity contribution is 5.87. The van der Waals surface area contributed by atoms with E-state index in [0.717, 1.165) is 18.8 Å². The fraction of sp³-hybridized carbons (Fsp3) is 0.571. The number of rotatable bonds is 19. The number of unbranched alkanes of at least 4 members (excludes halogenated alkanes) is 2. The van der Waals surface area contributed by atoms with E-state index in [2.05, 4.69) is 69.5 Å². The molecule has 3 rings (SSSR count). The number of ether oxygens (including phenoxy) is 2. The van der Waals surface area contributed by atoms with Crippen LogP contribution in [-0.4, -0.2) is 35.9 Å². The minimum Gasteiger partial charge on any atom is -0.462 e. The first-order chi connectivity index (χ1) is 22.4. The topological polar surface area (TPSA) is 72.8 Å². The Bertz CT molecular complexity index is 1310. The molecule has 0 saturated heterocycles. The van der Waals surface area contributed by atoms with Gasteiger partial charge in [-0.2, -0.15) is 0 Å². The van der Waals surface area contributed by atoms with E-state index >= 15 is 0 Å². The van der Waals surface area contributed by atoms with Crippen LogP contribution in [0.25, 0.3) is 11.1 Å². The Kier molecular flexibility index (Phi) is 15.5. The van der Waals surface area contributed by atoms with E-state index in [1.165, 1.54) is 79.2 Å². The Morgan fingerprint density at radius 1 is 0.936 bits per heavy atom. The lowest BCUT2D eigenvalue weighted by Crippen LogP contribution is -2.23. The van der Waals surface area contributed by atoms with Gasteiger partial charge in [0.1, 0.15) is 0 Å². The SMILES string of the molecule is C=C(C)C(=O)OCC(CCc1ccc(-c2ccc(C3CCC(CCCCC)CC3)cc2)c(CC)c1)COC(=O)C(=C)CCC(C)(C)O. The average Bonchev–Trinajstić information content (AvgIpc) is 3.06. The summed E-state index contributed by atoms with van der Waals surface area (Å²) in [6.07, 6.45) is 14.0. The predicted octanol–water partition coefficient (Wildman–Crippen LogP) is 10.1. The molecule has 2 aromatic carbocycles. The molecule has 0 spiro atoms. The zero-order valence-electron chi connectivity index (χ0n) is 29.9. The molecular formula is C42H60O5. The molecule has 0 bridgehead atoms. The predicted molar refractivity (Wildman–Crippen MR) is 193 cm³/mol. The van der Waals surface area contributed by atoms with Crippen molar-refractivity contribution in [3.63, 3.8) is 0 Å². The third-order valence-corrected chi connectivity index (χ3v) is 9.72. The largest absolute Gasteiger partial charge is 0.462 e. The molecule has 47 heavy (non-hydrogen) atoms. The standard InChI is InChI=1S/C42H60O5/c1-8-10-11-12-32-15-18-36(19-16-32)37-20-22-38(23-21-37)39-24-17-33(27-35(39)9-2)13-14-34(28-46-40(43)30(3)4)29-47-41(44)31(5)25-26-42(6,7)45/h17,20-24,27,32,34,36,45H,3,5,8-16,18-19,25-26,28-29H2,1-2,4,6-7H3. The summed E-state index contributed by atoms with van der Waals surface area (Å²) >= 11 is 0. The van der Waals surface area contributed by atoms with Gasteiger partial charge in [0.05, 0.1) is 18.8 Å². The molecule has 1 aliphatic carbocycles. The van der Waals surface area contributed by atoms with Crippen molar-refractivity contribution in [1.29, 1.82) is 0 Å². The lowest BCUT2D eigenvalue weighted by atomic mass is 9.77. The summed E-state index contributed by atoms with van der Waals surface area (Å²) in [6, 6.07) is 16.0. The van der Waals surface area contributed by atoms with Crippen molar-refractivity contribution in [2.24, 2.45) is 11.8 Å². The molecule has 5 heteroatoms. The first-order valence-electron chi connectivity index (χ1n) is 18.0. The van der Waals surface area contributed by atoms with Crippen molar-refractivity contribution in [2.45, 2.75) is 130 Å². The van der Waals surface area contributed by atoms with Gasteiger partial charge in [-0.1, -0.05) is 95.2 Å². The number of carbonyl (C=O) groups is 2. The fourth-order valence-electron chi connectivity index (χ4n) is 6.54. The summed E-state index contributed by atoms with van der Waals surface area (Å²) in [4.78, 5) is 24.7. The van der Waals surface area contributed by atoms with Crippen molar-refractivity contribution >= 4 is 11.9 Å². The fourth-order valence-corrected chi connectivity index (χ4v) is 6.54. The van der Waals surface area contributed by atoms with Crippen LogP contribution in [0.4, 0.5) is 0 Å². The number of hydrogen-bond donors (Lipinski definition) is 1. The van der Waals surface area contributed by atoms with Crippen molar-refractivity contribution < 1.29 is 24.2 Å². The highest BCUT2D eigenvalue weighted by Crippen LogP contribution is 2.38. The van der Waals surface area contributed by atoms with Crippen LogP contribution < -0.4 is 0 Å². The zero-order chi connectivity index (χ0) is 34.4. The number of esters is 2. The first-order valence-corrected chi connectivity index (χ1v) is 18.0. The summed E-state index contributed by atoms with van der Waals surface area (Å²) in [5, 5.41) is 9.98. The monoisotopic (exact) mass is 644 g/mol. The average molecular weight is 645 g/mol. The van der Waals surface area contributed by atoms with Gasteiger partial charge in [0, 0.05) is 17.1 Å². The van der Waals surface area contributed by atoms with E-state index in [9.17, 15) is 14.7 Å². The lowest BCUT2D eigenvalue weighted by molar-refractivity contribution is -0.144. The molecule has 258 valence electrons. The van der Waals surface area contributed by atoms with Crippen LogP contribution in [0, 0.1) is 11.8 Å². The number of aryl methyl sites for hydroxylation is 2. The van der Waals surface area contributed by atoms with Gasteiger partial charge < -0.3 is 14.6 Å². The van der Waals surface area contributed by atoms with Gasteiger partial charge in [-0.15, -0.1) is 0 Å². The molecule has 1 unspecified atom stereocenters. The summed E-state index contributed by atoms with van der Waals surface area (Å²) < 4.78 is 11.0. The Morgan fingerprint density at radius 2 is 1.60 bits per heavy atom. The maximum Gasteiger partial charge on any atom is 0.333 e. The summed E-state index contributed by atoms with van der Waals surface area (Å²) in [5.74, 6) is 0.508. The Hall–Kier alpha value is -3.18. The molecule has 0 radical (unpaired) electrons. The van der Waals surface area contributed by atoms with Crippen LogP contribution in [0.3, 0.4) is 0 Å². The highest BCUT2D eigenvalue weighted by Gasteiger charge is 2.23. The molecule has 0 aromatic heterocycles. The Balaban J connectivity index is 1.60. The summed E-state index contributed by atoms with van der Waals surface area (Å²) in [5.41, 5.74) is 6.30. The van der Waals surface area contributed by atoms with Crippen LogP contribution >= 0.6 is 0 Å². The molecule has 0 amide bonds. The van der Waals surface area contributed by atoms with Crippen LogP contribution in [0.5, 0.6) is 0 Å². The van der Waals surface area contributed by atoms with Gasteiger partial charge in [-0.05, 0) is 118 Å². The summed E-state index contributed by atoms with van der Waals surface area (Å²) in [6.45, 7) is 17.3. The van der Waals surface area contributed by atoms with E-state index in [1.807, 2.05) is 0 Å². The Morgan fingerprint density at radius 3 is 2.19 bits per heavy atom. The number of carbonyl (C=O) groups excluding carboxylic acids is 2. The van der Waals surface area contributed by atoms with E-state index in [1.54, 1.807) is 20.8 Å². The van der Waals surface area contributed by atoms with E-state index < -0.39 is 17.5 Å². The van der Waals surface area contributed by atoms with Crippen LogP contribution in [0.15, 0.2) is 66.8 Å². The quantitative estimate of drug-likeness (QED) is 0.0936. The van der Waals surface area contributed by atoms with Crippen molar-refractivity contribution in [3.05, 3.63) is 83.5 Å². The van der Waals surface area contributed by atoms with Gasteiger partial charge in [-0.25, -0.2) is 9.59 Å². The molecule has 1 atom stereocenters. The van der Waals surface area contributed by atoms with Gasteiger partial charge >= 0.3 is 11.9 Å². The van der Waals surface area contributed by atoms with Crippen molar-refractivity contribution in [3.8, 4) is 11.1 Å². The second-order valence-corrected chi connectivity index (χ2v) is 14.5. The number of benzene rings is 2. The van der Waals surface area contributed by atoms with Gasteiger partial charge in [0.2, 0.25) is 0 Å². The number of hydrogen-bond acceptors (Lipinski definition) is 5. The molecular weight excluding hydrogens is 584 g/mol. The van der Waals surface area contributed by atoms with E-state index in [4.69, 9.17) is 9.47 Å². The second-order valence-electron chi connectivity index (χ2n) is 14.5. The van der Waals surface area contributed by atoms with Crippen LogP contribution in [0.1, 0.15) is 128 Å². The van der Waals surface area contributed by atoms with Gasteiger partial charge in [0.15, 0.2) is 0 Å². The molecule has 5 nitrogen and oxygen atoms in total. The first kappa shape index (κ1) is 38.3. The Labute approximate surface area is 284 Å². The summed E-state index contributed by atoms with van der Waals surface area (Å²) in [7, 11) is 0. The minimum atomic E-state index is -0.884. The molecule has 1 saturated carbocycles. The third-order valence-electron chi connectivity index (χ3n) is 9.72. The normalized spacial score (nSPS) is 17.1. The van der Waals surface area contributed by atoms with Crippen molar-refractivity contribution in [2.75, 3.05) is 13.2 Å².